The smallest absolute Gasteiger partial charge is 0.726 e. The number of hydrogen-bond donors (Lipinski definition) is 7. The molecule has 4 saturated carbocycles. The molecule has 19 heteroatoms. The molecule has 6 rings (SSSR count). The van der Waals surface area contributed by atoms with E-state index in [2.05, 4.69) is 13.8 Å². The molecule has 6 aliphatic rings. The summed E-state index contributed by atoms with van der Waals surface area (Å²) in [4.78, 5) is 0. The predicted octanol–water partition coefficient (Wildman–Crippen LogP) is -2.81. The van der Waals surface area contributed by atoms with Gasteiger partial charge in [-0.05, 0) is 79.4 Å². The molecule has 21 atom stereocenters. The van der Waals surface area contributed by atoms with Crippen LogP contribution in [0.2, 0.25) is 0 Å². The van der Waals surface area contributed by atoms with Gasteiger partial charge in [0.15, 0.2) is 12.6 Å². The number of methoxy groups -OCH3 is 2. The molecular weight excluding hydrogens is 795 g/mol. The van der Waals surface area contributed by atoms with E-state index in [1.807, 2.05) is 20.8 Å². The summed E-state index contributed by atoms with van der Waals surface area (Å²) in [5.74, 6) is -2.08. The maximum atomic E-state index is 12.8. The van der Waals surface area contributed by atoms with E-state index < -0.39 is 131 Å². The summed E-state index contributed by atoms with van der Waals surface area (Å²) in [6.07, 6.45) is -10.3. The quantitative estimate of drug-likeness (QED) is 0.0528. The Morgan fingerprint density at radius 2 is 1.53 bits per heavy atom. The molecule has 4 aliphatic carbocycles. The molecule has 58 heavy (non-hydrogen) atoms. The fraction of sp³-hybridized carbons (Fsp3) is 1.00. The number of hydrogen-bond acceptors (Lipinski definition) is 17. The molecule has 7 N–H and O–H groups in total. The molecule has 17 nitrogen and oxygen atoms in total. The fourth-order valence-corrected chi connectivity index (χ4v) is 13.2. The fourth-order valence-electron chi connectivity index (χ4n) is 12.7. The van der Waals surface area contributed by atoms with E-state index in [4.69, 9.17) is 32.6 Å². The number of ether oxygens (including phenoxy) is 6. The third-order valence-electron chi connectivity index (χ3n) is 15.4. The summed E-state index contributed by atoms with van der Waals surface area (Å²) >= 11 is 0. The largest absolute Gasteiger partial charge is 1.00 e. The summed E-state index contributed by atoms with van der Waals surface area (Å²) in [6, 6.07) is 0. The third-order valence-corrected chi connectivity index (χ3v) is 15.9. The summed E-state index contributed by atoms with van der Waals surface area (Å²) in [5.41, 5.74) is -3.07. The van der Waals surface area contributed by atoms with E-state index >= 15 is 0 Å². The van der Waals surface area contributed by atoms with Gasteiger partial charge in [-0.1, -0.05) is 34.6 Å². The molecule has 2 aliphatic heterocycles. The Hall–Kier alpha value is 0.350. The second kappa shape index (κ2) is 18.8. The molecule has 332 valence electrons. The summed E-state index contributed by atoms with van der Waals surface area (Å²) < 4.78 is 76.3. The maximum Gasteiger partial charge on any atom is 1.00 e. The molecule has 2 heterocycles. The minimum Gasteiger partial charge on any atom is -0.726 e. The average molecular weight is 863 g/mol. The monoisotopic (exact) mass is 862 g/mol. The van der Waals surface area contributed by atoms with Gasteiger partial charge in [-0.25, -0.2) is 8.42 Å². The van der Waals surface area contributed by atoms with Gasteiger partial charge in [0.25, 0.3) is 0 Å². The van der Waals surface area contributed by atoms with Gasteiger partial charge in [-0.2, -0.15) is 0 Å². The van der Waals surface area contributed by atoms with Gasteiger partial charge in [0.05, 0.1) is 49.3 Å². The normalized spacial score (nSPS) is 49.1. The molecule has 0 spiro atoms. The zero-order chi connectivity index (χ0) is 42.0. The van der Waals surface area contributed by atoms with Crippen LogP contribution in [0.15, 0.2) is 0 Å². The van der Waals surface area contributed by atoms with Gasteiger partial charge in [0, 0.05) is 32.5 Å². The summed E-state index contributed by atoms with van der Waals surface area (Å²) in [5, 5.41) is 78.4. The molecule has 0 unspecified atom stereocenters. The van der Waals surface area contributed by atoms with E-state index in [0.29, 0.717) is 38.5 Å². The Bertz CT molecular complexity index is 1480. The van der Waals surface area contributed by atoms with E-state index in [-0.39, 0.29) is 66.8 Å². The van der Waals surface area contributed by atoms with Crippen molar-refractivity contribution in [2.24, 2.45) is 46.3 Å². The van der Waals surface area contributed by atoms with Crippen molar-refractivity contribution in [3.8, 4) is 0 Å². The molecule has 2 saturated heterocycles. The van der Waals surface area contributed by atoms with E-state index in [1.165, 1.54) is 14.2 Å². The minimum absolute atomic E-state index is 0. The molecule has 0 aromatic heterocycles. The van der Waals surface area contributed by atoms with Crippen molar-refractivity contribution >= 4 is 10.4 Å². The second-order valence-electron chi connectivity index (χ2n) is 18.8. The van der Waals surface area contributed by atoms with Crippen molar-refractivity contribution in [3.63, 3.8) is 0 Å². The Labute approximate surface area is 364 Å². The van der Waals surface area contributed by atoms with Gasteiger partial charge in [0.1, 0.15) is 36.6 Å². The van der Waals surface area contributed by atoms with Gasteiger partial charge in [0.2, 0.25) is 10.4 Å². The standard InChI is InChI=1S/C39H68O17S.Na/c1-18(2)23(53-36-33(30(44)25(16-40)54-36)55-35-32(51-7)31(45)26(50-6)17-52-35)9-8-19(3)20-14-22(42)34-37(20,4)13-11-27-38(5)12-10-21(41)29(43)28(38)24(15-39(27,34)46)56-57(47,48)49;/h18-36,40-46H,8-17H2,1-7H3,(H,47,48,49);/q;+1/p-1/t19-,20-,21+,22-,23+,24+,25-,26-,27-,28+,29+,30+,31+,32-,33-,34-,35+,36-,37-,38-,39+;/m1./s1. The molecule has 0 aromatic carbocycles. The average Bonchev–Trinajstić information content (AvgIpc) is 3.58. The van der Waals surface area contributed by atoms with Crippen LogP contribution in [0.1, 0.15) is 86.0 Å². The molecule has 0 radical (unpaired) electrons. The summed E-state index contributed by atoms with van der Waals surface area (Å²) in [7, 11) is -2.39. The Morgan fingerprint density at radius 3 is 2.14 bits per heavy atom. The van der Waals surface area contributed by atoms with Gasteiger partial charge >= 0.3 is 29.6 Å². The van der Waals surface area contributed by atoms with Crippen LogP contribution in [0.4, 0.5) is 0 Å². The number of rotatable bonds is 14. The molecule has 0 bridgehead atoms. The Kier molecular flexibility index (Phi) is 16.0. The summed E-state index contributed by atoms with van der Waals surface area (Å²) in [6.45, 7) is 9.58. The van der Waals surface area contributed by atoms with Crippen LogP contribution in [-0.2, 0) is 43.0 Å². The van der Waals surface area contributed by atoms with Crippen molar-refractivity contribution in [2.75, 3.05) is 27.4 Å². The van der Waals surface area contributed by atoms with E-state index in [0.717, 1.165) is 0 Å². The van der Waals surface area contributed by atoms with Crippen LogP contribution >= 0.6 is 0 Å². The van der Waals surface area contributed by atoms with Crippen LogP contribution in [0.5, 0.6) is 0 Å². The zero-order valence-electron chi connectivity index (χ0n) is 35.2. The maximum absolute atomic E-state index is 12.8. The van der Waals surface area contributed by atoms with Crippen molar-refractivity contribution in [2.45, 2.75) is 171 Å². The number of aliphatic hydroxyl groups excluding tert-OH is 6. The first-order chi connectivity index (χ1) is 26.6. The molecule has 0 amide bonds. The SMILES string of the molecule is CO[C@H]1[C@H](O[C@H]2[C@H](O[C@@H](CC[C@@H](C)[C@H]3C[C@@H](O)[C@@H]4[C@]3(C)CC[C@@H]3[C@@]5(C)CC[C@H](O)[C@H](O)[C@@H]5[C@@H](OS(=O)(=O)[O-])C[C@]34O)C(C)C)O[C@H](CO)[C@@H]2O)OC[C@@H](OC)[C@@H]1O.[Na+]. The second-order valence-corrected chi connectivity index (χ2v) is 19.8. The van der Waals surface area contributed by atoms with Gasteiger partial charge in [-0.15, -0.1) is 0 Å². The third kappa shape index (κ3) is 9.02. The van der Waals surface area contributed by atoms with Crippen LogP contribution in [0, 0.1) is 46.3 Å². The van der Waals surface area contributed by atoms with Gasteiger partial charge in [-0.3, -0.25) is 4.18 Å². The number of fused-ring (bicyclic) bond motifs is 5. The predicted molar refractivity (Wildman–Crippen MR) is 197 cm³/mol. The van der Waals surface area contributed by atoms with Crippen molar-refractivity contribution in [1.29, 1.82) is 0 Å². The molecule has 0 aromatic rings. The van der Waals surface area contributed by atoms with Crippen LogP contribution in [-0.4, -0.2) is 161 Å². The van der Waals surface area contributed by atoms with Crippen molar-refractivity contribution < 1.29 is 111 Å². The minimum atomic E-state index is -5.24. The first-order valence-electron chi connectivity index (χ1n) is 20.7. The van der Waals surface area contributed by atoms with Crippen LogP contribution in [0.25, 0.3) is 0 Å². The first-order valence-corrected chi connectivity index (χ1v) is 22.0. The van der Waals surface area contributed by atoms with Crippen molar-refractivity contribution in [1.82, 2.24) is 0 Å². The molecular formula is C39H67NaO17S. The van der Waals surface area contributed by atoms with Gasteiger partial charge < -0.3 is 68.7 Å². The zero-order valence-corrected chi connectivity index (χ0v) is 38.0. The van der Waals surface area contributed by atoms with E-state index in [1.54, 1.807) is 0 Å². The van der Waals surface area contributed by atoms with Crippen LogP contribution < -0.4 is 29.6 Å². The van der Waals surface area contributed by atoms with Crippen LogP contribution in [0.3, 0.4) is 0 Å². The van der Waals surface area contributed by atoms with E-state index in [9.17, 15) is 48.7 Å². The number of aliphatic hydroxyl groups is 7. The van der Waals surface area contributed by atoms with Crippen molar-refractivity contribution in [3.05, 3.63) is 0 Å². The Balaban J connectivity index is 0.00000641. The molecule has 6 fully saturated rings. The first kappa shape index (κ1) is 49.4. The Morgan fingerprint density at radius 1 is 0.862 bits per heavy atom. The topological polar surface area (TPSA) is 263 Å².